The van der Waals surface area contributed by atoms with E-state index in [1.54, 1.807) is 6.08 Å². The summed E-state index contributed by atoms with van der Waals surface area (Å²) in [6.45, 7) is 4.57. The lowest BCUT2D eigenvalue weighted by atomic mass is 10.0. The van der Waals surface area contributed by atoms with Gasteiger partial charge >= 0.3 is 0 Å². The summed E-state index contributed by atoms with van der Waals surface area (Å²) in [5, 5.41) is 13.7. The number of rotatable bonds is 44. The van der Waals surface area contributed by atoms with Gasteiger partial charge in [0.1, 0.15) is 13.2 Å². The van der Waals surface area contributed by atoms with Crippen LogP contribution in [0, 0.1) is 0 Å². The first kappa shape index (κ1) is 55.2. The zero-order chi connectivity index (χ0) is 41.4. The smallest absolute Gasteiger partial charge is 0.268 e. The lowest BCUT2D eigenvalue weighted by Gasteiger charge is -2.29. The van der Waals surface area contributed by atoms with Crippen molar-refractivity contribution in [2.45, 2.75) is 244 Å². The number of nitrogens with zero attached hydrogens (tertiary/aromatic N) is 1. The van der Waals surface area contributed by atoms with E-state index < -0.39 is 20.0 Å². The predicted octanol–water partition coefficient (Wildman–Crippen LogP) is 12.9. The van der Waals surface area contributed by atoms with Gasteiger partial charge in [-0.1, -0.05) is 219 Å². The van der Waals surface area contributed by atoms with Gasteiger partial charge in [-0.05, 0) is 19.3 Å². The first-order chi connectivity index (χ1) is 27.0. The maximum Gasteiger partial charge on any atom is 0.268 e. The molecule has 0 rings (SSSR count). The molecule has 56 heavy (non-hydrogen) atoms. The molecule has 334 valence electrons. The van der Waals surface area contributed by atoms with E-state index in [0.29, 0.717) is 17.4 Å². The Hall–Kier alpha value is -0.760. The third kappa shape index (κ3) is 41.4. The largest absolute Gasteiger partial charge is 0.756 e. The molecule has 0 aromatic carbocycles. The third-order valence-corrected chi connectivity index (χ3v) is 12.0. The Balaban J connectivity index is 3.93. The number of quaternary nitrogens is 1. The van der Waals surface area contributed by atoms with E-state index in [9.17, 15) is 19.4 Å². The van der Waals surface area contributed by atoms with Crippen LogP contribution in [0.4, 0.5) is 0 Å². The van der Waals surface area contributed by atoms with Crippen LogP contribution in [0.2, 0.25) is 0 Å². The van der Waals surface area contributed by atoms with Crippen LogP contribution in [0.25, 0.3) is 0 Å². The maximum absolute atomic E-state index is 12.6. The van der Waals surface area contributed by atoms with Crippen LogP contribution < -0.4 is 10.2 Å². The topological polar surface area (TPSA) is 108 Å². The van der Waals surface area contributed by atoms with Crippen molar-refractivity contribution in [3.05, 3.63) is 12.2 Å². The minimum absolute atomic E-state index is 0.00116. The van der Waals surface area contributed by atoms with Gasteiger partial charge in [0.15, 0.2) is 0 Å². The number of likely N-dealkylation sites (N-methyl/N-ethyl adjacent to an activating group) is 1. The molecular formula is C47H95N2O6P. The number of nitrogens with one attached hydrogen (secondary N) is 1. The molecule has 0 aromatic rings. The van der Waals surface area contributed by atoms with Gasteiger partial charge in [-0.3, -0.25) is 9.36 Å². The number of amides is 1. The van der Waals surface area contributed by atoms with E-state index in [1.807, 2.05) is 27.2 Å². The number of hydrogen-bond donors (Lipinski definition) is 2. The molecule has 0 bridgehead atoms. The van der Waals surface area contributed by atoms with E-state index in [-0.39, 0.29) is 19.1 Å². The second-order valence-corrected chi connectivity index (χ2v) is 19.2. The number of carbonyl (C=O) groups excluding carboxylic acids is 1. The van der Waals surface area contributed by atoms with Gasteiger partial charge in [0, 0.05) is 6.42 Å². The van der Waals surface area contributed by atoms with Crippen LogP contribution in [0.1, 0.15) is 232 Å². The fourth-order valence-corrected chi connectivity index (χ4v) is 7.88. The van der Waals surface area contributed by atoms with E-state index in [1.165, 1.54) is 161 Å². The first-order valence-corrected chi connectivity index (χ1v) is 25.5. The molecule has 0 spiro atoms. The van der Waals surface area contributed by atoms with E-state index in [4.69, 9.17) is 9.05 Å². The van der Waals surface area contributed by atoms with Crippen molar-refractivity contribution < 1.29 is 32.9 Å². The van der Waals surface area contributed by atoms with Gasteiger partial charge in [-0.15, -0.1) is 0 Å². The highest BCUT2D eigenvalue weighted by Gasteiger charge is 2.23. The van der Waals surface area contributed by atoms with Crippen LogP contribution in [0.5, 0.6) is 0 Å². The minimum Gasteiger partial charge on any atom is -0.756 e. The maximum atomic E-state index is 12.6. The molecule has 1 amide bonds. The summed E-state index contributed by atoms with van der Waals surface area (Å²) < 4.78 is 23.0. The second-order valence-electron chi connectivity index (χ2n) is 17.8. The first-order valence-electron chi connectivity index (χ1n) is 24.1. The molecule has 0 aliphatic rings. The van der Waals surface area contributed by atoms with Gasteiger partial charge in [0.2, 0.25) is 5.91 Å². The number of phosphoric ester groups is 1. The fraction of sp³-hybridized carbons (Fsp3) is 0.936. The van der Waals surface area contributed by atoms with Crippen LogP contribution in [-0.2, 0) is 18.4 Å². The SMILES string of the molecule is CCCCCCCCCCCCCCCCCCCCCCCCCCCCC/C=C/C(O)C(COP(=O)([O-])OCC[N+](C)(C)C)NC(=O)CCCCCCC. The van der Waals surface area contributed by atoms with Crippen molar-refractivity contribution in [1.82, 2.24) is 5.32 Å². The highest BCUT2D eigenvalue weighted by molar-refractivity contribution is 7.45. The average molecular weight is 815 g/mol. The van der Waals surface area contributed by atoms with Crippen molar-refractivity contribution in [2.75, 3.05) is 40.9 Å². The van der Waals surface area contributed by atoms with Gasteiger partial charge in [-0.2, -0.15) is 0 Å². The van der Waals surface area contributed by atoms with Crippen molar-refractivity contribution in [3.8, 4) is 0 Å². The average Bonchev–Trinajstić information content (AvgIpc) is 3.15. The molecular weight excluding hydrogens is 719 g/mol. The number of unbranched alkanes of at least 4 members (excludes halogenated alkanes) is 31. The lowest BCUT2D eigenvalue weighted by Crippen LogP contribution is -2.45. The summed E-state index contributed by atoms with van der Waals surface area (Å²) in [6, 6.07) is -0.877. The molecule has 0 heterocycles. The number of allylic oxidation sites excluding steroid dienone is 1. The van der Waals surface area contributed by atoms with Gasteiger partial charge < -0.3 is 28.8 Å². The molecule has 0 saturated carbocycles. The zero-order valence-electron chi connectivity index (χ0n) is 37.9. The number of carbonyl (C=O) groups is 1. The van der Waals surface area contributed by atoms with Crippen LogP contribution in [-0.4, -0.2) is 68.5 Å². The molecule has 0 aliphatic heterocycles. The van der Waals surface area contributed by atoms with E-state index in [2.05, 4.69) is 19.2 Å². The summed E-state index contributed by atoms with van der Waals surface area (Å²) in [4.78, 5) is 25.0. The van der Waals surface area contributed by atoms with Gasteiger partial charge in [-0.25, -0.2) is 0 Å². The molecule has 0 aliphatic carbocycles. The predicted molar refractivity (Wildman–Crippen MR) is 238 cm³/mol. The van der Waals surface area contributed by atoms with Crippen molar-refractivity contribution in [2.24, 2.45) is 0 Å². The molecule has 0 fully saturated rings. The van der Waals surface area contributed by atoms with Crippen LogP contribution >= 0.6 is 7.82 Å². The summed E-state index contributed by atoms with van der Waals surface area (Å²) in [6.07, 6.45) is 46.2. The monoisotopic (exact) mass is 815 g/mol. The molecule has 2 N–H and O–H groups in total. The molecule has 0 saturated heterocycles. The highest BCUT2D eigenvalue weighted by Crippen LogP contribution is 2.38. The number of aliphatic hydroxyl groups is 1. The van der Waals surface area contributed by atoms with Crippen molar-refractivity contribution >= 4 is 13.7 Å². The normalized spacial score (nSPS) is 14.3. The third-order valence-electron chi connectivity index (χ3n) is 11.0. The Morgan fingerprint density at radius 3 is 1.34 bits per heavy atom. The molecule has 3 atom stereocenters. The summed E-state index contributed by atoms with van der Waals surface area (Å²) in [7, 11) is 1.27. The Kier molecular flexibility index (Phi) is 39.1. The standard InChI is InChI=1S/C47H95N2O6P/c1-6-8-10-12-13-14-15-16-17-18-19-20-21-22-23-24-25-26-27-28-29-30-31-32-33-34-35-37-38-40-46(50)45(48-47(51)41-39-36-11-9-7-2)44-55-56(52,53)54-43-42-49(3,4)5/h38,40,45-46,50H,6-37,39,41-44H2,1-5H3,(H-,48,51,52,53)/b40-38+. The van der Waals surface area contributed by atoms with Crippen LogP contribution in [0.3, 0.4) is 0 Å². The molecule has 8 nitrogen and oxygen atoms in total. The van der Waals surface area contributed by atoms with E-state index in [0.717, 1.165) is 51.4 Å². The summed E-state index contributed by atoms with van der Waals surface area (Å²) >= 11 is 0. The minimum atomic E-state index is -4.57. The van der Waals surface area contributed by atoms with Crippen LogP contribution in [0.15, 0.2) is 12.2 Å². The van der Waals surface area contributed by atoms with Crippen molar-refractivity contribution in [3.63, 3.8) is 0 Å². The highest BCUT2D eigenvalue weighted by atomic mass is 31.2. The molecule has 9 heteroatoms. The number of hydrogen-bond acceptors (Lipinski definition) is 6. The van der Waals surface area contributed by atoms with Gasteiger partial charge in [0.05, 0.1) is 39.9 Å². The lowest BCUT2D eigenvalue weighted by molar-refractivity contribution is -0.870. The summed E-state index contributed by atoms with van der Waals surface area (Å²) in [5.74, 6) is -0.209. The molecule has 0 aromatic heterocycles. The quantitative estimate of drug-likeness (QED) is 0.0274. The second kappa shape index (κ2) is 39.7. The van der Waals surface area contributed by atoms with Gasteiger partial charge in [0.25, 0.3) is 7.82 Å². The Morgan fingerprint density at radius 2 is 0.964 bits per heavy atom. The van der Waals surface area contributed by atoms with E-state index >= 15 is 0 Å². The number of phosphoric acid groups is 1. The Bertz CT molecular complexity index is 927. The fourth-order valence-electron chi connectivity index (χ4n) is 7.15. The Morgan fingerprint density at radius 1 is 0.607 bits per heavy atom. The zero-order valence-corrected chi connectivity index (χ0v) is 38.7. The number of aliphatic hydroxyl groups excluding tert-OH is 1. The molecule has 0 radical (unpaired) electrons. The Labute approximate surface area is 348 Å². The van der Waals surface area contributed by atoms with Crippen molar-refractivity contribution in [1.29, 1.82) is 0 Å². The summed E-state index contributed by atoms with van der Waals surface area (Å²) in [5.41, 5.74) is 0. The molecule has 3 unspecified atom stereocenters.